The second-order valence-electron chi connectivity index (χ2n) is 3.42. The zero-order chi connectivity index (χ0) is 12.8. The van der Waals surface area contributed by atoms with Gasteiger partial charge in [-0.3, -0.25) is 9.78 Å². The van der Waals surface area contributed by atoms with E-state index in [1.165, 1.54) is 12.3 Å². The van der Waals surface area contributed by atoms with E-state index in [-0.39, 0.29) is 12.2 Å². The lowest BCUT2D eigenvalue weighted by Crippen LogP contribution is -2.23. The summed E-state index contributed by atoms with van der Waals surface area (Å²) in [6, 6.07) is 1.24. The molecular weight excluding hydrogens is 229 g/mol. The lowest BCUT2D eigenvalue weighted by molar-refractivity contribution is -0.147. The van der Waals surface area contributed by atoms with Crippen LogP contribution in [0.4, 0.5) is 4.39 Å². The summed E-state index contributed by atoms with van der Waals surface area (Å²) >= 11 is 0. The highest BCUT2D eigenvalue weighted by atomic mass is 19.1. The fourth-order valence-corrected chi connectivity index (χ4v) is 1.34. The minimum Gasteiger partial charge on any atom is -0.466 e. The van der Waals surface area contributed by atoms with Crippen LogP contribution in [0.3, 0.4) is 0 Å². The summed E-state index contributed by atoms with van der Waals surface area (Å²) in [7, 11) is 0. The molecule has 0 bridgehead atoms. The maximum Gasteiger partial charge on any atom is 0.308 e. The Hall–Kier alpha value is -1.53. The Kier molecular flexibility index (Phi) is 4.99. The third kappa shape index (κ3) is 3.76. The molecule has 1 aromatic heterocycles. The number of pyridine rings is 1. The molecule has 2 N–H and O–H groups in total. The van der Waals surface area contributed by atoms with E-state index in [4.69, 9.17) is 0 Å². The third-order valence-corrected chi connectivity index (χ3v) is 2.17. The second-order valence-corrected chi connectivity index (χ2v) is 3.42. The molecule has 0 aromatic carbocycles. The molecule has 1 aromatic rings. The molecule has 2 atom stereocenters. The average Bonchev–Trinajstić information content (AvgIpc) is 2.29. The minimum absolute atomic E-state index is 0.100. The molecule has 94 valence electrons. The van der Waals surface area contributed by atoms with Crippen LogP contribution in [0, 0.1) is 5.82 Å². The summed E-state index contributed by atoms with van der Waals surface area (Å²) in [6.45, 7) is 1.81. The highest BCUT2D eigenvalue weighted by Gasteiger charge is 2.24. The number of carbonyl (C=O) groups is 1. The van der Waals surface area contributed by atoms with Crippen molar-refractivity contribution < 1.29 is 24.1 Å². The normalized spacial score (nSPS) is 14.1. The first-order chi connectivity index (χ1) is 8.06. The van der Waals surface area contributed by atoms with E-state index in [9.17, 15) is 19.4 Å². The highest BCUT2D eigenvalue weighted by Crippen LogP contribution is 2.21. The van der Waals surface area contributed by atoms with Crippen molar-refractivity contribution in [3.63, 3.8) is 0 Å². The van der Waals surface area contributed by atoms with Gasteiger partial charge in [0, 0.05) is 11.8 Å². The summed E-state index contributed by atoms with van der Waals surface area (Å²) in [4.78, 5) is 14.6. The van der Waals surface area contributed by atoms with E-state index < -0.39 is 30.4 Å². The molecular formula is C11H14FNO4. The zero-order valence-corrected chi connectivity index (χ0v) is 9.34. The van der Waals surface area contributed by atoms with Gasteiger partial charge in [-0.1, -0.05) is 0 Å². The Bertz CT molecular complexity index is 385. The topological polar surface area (TPSA) is 79.7 Å². The summed E-state index contributed by atoms with van der Waals surface area (Å²) in [5.41, 5.74) is -0.100. The van der Waals surface area contributed by atoms with Gasteiger partial charge < -0.3 is 14.9 Å². The van der Waals surface area contributed by atoms with Crippen molar-refractivity contribution >= 4 is 5.97 Å². The highest BCUT2D eigenvalue weighted by molar-refractivity contribution is 5.70. The van der Waals surface area contributed by atoms with E-state index in [1.54, 1.807) is 6.92 Å². The van der Waals surface area contributed by atoms with Crippen LogP contribution >= 0.6 is 0 Å². The van der Waals surface area contributed by atoms with Gasteiger partial charge in [-0.15, -0.1) is 0 Å². The van der Waals surface area contributed by atoms with E-state index >= 15 is 0 Å². The molecule has 17 heavy (non-hydrogen) atoms. The van der Waals surface area contributed by atoms with Gasteiger partial charge >= 0.3 is 5.97 Å². The van der Waals surface area contributed by atoms with Crippen molar-refractivity contribution in [3.05, 3.63) is 29.8 Å². The number of rotatable bonds is 5. The van der Waals surface area contributed by atoms with Crippen molar-refractivity contribution in [3.8, 4) is 0 Å². The van der Waals surface area contributed by atoms with Crippen molar-refractivity contribution in [2.24, 2.45) is 0 Å². The summed E-state index contributed by atoms with van der Waals surface area (Å²) in [5.74, 6) is -1.38. The van der Waals surface area contributed by atoms with Gasteiger partial charge in [0.25, 0.3) is 0 Å². The maximum atomic E-state index is 13.2. The molecule has 0 fully saturated rings. The first kappa shape index (κ1) is 13.5. The molecule has 2 unspecified atom stereocenters. The fraction of sp³-hybridized carbons (Fsp3) is 0.455. The van der Waals surface area contributed by atoms with Gasteiger partial charge in [0.1, 0.15) is 11.9 Å². The Balaban J connectivity index is 2.67. The Morgan fingerprint density at radius 1 is 1.59 bits per heavy atom. The number of halogens is 1. The van der Waals surface area contributed by atoms with Crippen LogP contribution in [-0.2, 0) is 9.53 Å². The lowest BCUT2D eigenvalue weighted by Gasteiger charge is -2.17. The molecule has 0 spiro atoms. The number of aliphatic hydroxyl groups excluding tert-OH is 2. The first-order valence-electron chi connectivity index (χ1n) is 5.17. The monoisotopic (exact) mass is 243 g/mol. The van der Waals surface area contributed by atoms with Gasteiger partial charge in [-0.05, 0) is 13.0 Å². The Morgan fingerprint density at radius 2 is 2.29 bits per heavy atom. The maximum absolute atomic E-state index is 13.2. The Labute approximate surface area is 97.9 Å². The molecule has 0 amide bonds. The van der Waals surface area contributed by atoms with Gasteiger partial charge in [-0.2, -0.15) is 0 Å². The molecule has 0 radical (unpaired) electrons. The lowest BCUT2D eigenvalue weighted by atomic mass is 10.0. The van der Waals surface area contributed by atoms with Gasteiger partial charge in [0.05, 0.1) is 25.3 Å². The standard InChI is InChI=1S/C11H14FNO4/c1-2-17-10(15)5-9(14)11(16)7-3-4-13-6-8(7)12/h3-4,6,9,11,14,16H,2,5H2,1H3. The van der Waals surface area contributed by atoms with Crippen molar-refractivity contribution in [2.75, 3.05) is 6.61 Å². The third-order valence-electron chi connectivity index (χ3n) is 2.17. The molecule has 0 saturated carbocycles. The number of carbonyl (C=O) groups excluding carboxylic acids is 1. The minimum atomic E-state index is -1.48. The molecule has 0 aliphatic carbocycles. The predicted molar refractivity (Wildman–Crippen MR) is 56.4 cm³/mol. The molecule has 1 heterocycles. The van der Waals surface area contributed by atoms with Crippen molar-refractivity contribution in [2.45, 2.75) is 25.6 Å². The Morgan fingerprint density at radius 3 is 2.88 bits per heavy atom. The number of ether oxygens (including phenoxy) is 1. The number of esters is 1. The van der Waals surface area contributed by atoms with Crippen molar-refractivity contribution in [1.82, 2.24) is 4.98 Å². The molecule has 6 heteroatoms. The van der Waals surface area contributed by atoms with E-state index in [2.05, 4.69) is 9.72 Å². The summed E-state index contributed by atoms with van der Waals surface area (Å²) in [5, 5.41) is 19.2. The smallest absolute Gasteiger partial charge is 0.308 e. The molecule has 5 nitrogen and oxygen atoms in total. The van der Waals surface area contributed by atoms with Crippen LogP contribution < -0.4 is 0 Å². The number of aromatic nitrogens is 1. The van der Waals surface area contributed by atoms with Gasteiger partial charge in [0.15, 0.2) is 0 Å². The predicted octanol–water partition coefficient (Wildman–Crippen LogP) is 0.568. The largest absolute Gasteiger partial charge is 0.466 e. The second kappa shape index (κ2) is 6.27. The van der Waals surface area contributed by atoms with Crippen LogP contribution in [0.25, 0.3) is 0 Å². The number of hydrogen-bond acceptors (Lipinski definition) is 5. The summed E-state index contributed by atoms with van der Waals surface area (Å²) < 4.78 is 17.8. The van der Waals surface area contributed by atoms with Crippen LogP contribution in [-0.4, -0.2) is 33.9 Å². The molecule has 0 aliphatic rings. The van der Waals surface area contributed by atoms with E-state index in [0.29, 0.717) is 0 Å². The summed E-state index contributed by atoms with van der Waals surface area (Å²) in [6.07, 6.45) is -1.07. The molecule has 0 aliphatic heterocycles. The molecule has 0 saturated heterocycles. The van der Waals surface area contributed by atoms with Crippen LogP contribution in [0.2, 0.25) is 0 Å². The average molecular weight is 243 g/mol. The van der Waals surface area contributed by atoms with Crippen LogP contribution in [0.5, 0.6) is 0 Å². The molecule has 1 rings (SSSR count). The van der Waals surface area contributed by atoms with E-state index in [0.717, 1.165) is 6.20 Å². The van der Waals surface area contributed by atoms with Crippen LogP contribution in [0.15, 0.2) is 18.5 Å². The van der Waals surface area contributed by atoms with Gasteiger partial charge in [-0.25, -0.2) is 4.39 Å². The van der Waals surface area contributed by atoms with Crippen LogP contribution in [0.1, 0.15) is 25.0 Å². The SMILES string of the molecule is CCOC(=O)CC(O)C(O)c1ccncc1F. The quantitative estimate of drug-likeness (QED) is 0.739. The van der Waals surface area contributed by atoms with Gasteiger partial charge in [0.2, 0.25) is 0 Å². The first-order valence-corrected chi connectivity index (χ1v) is 5.17. The number of aliphatic hydroxyl groups is 2. The fourth-order valence-electron chi connectivity index (χ4n) is 1.34. The van der Waals surface area contributed by atoms with Crippen molar-refractivity contribution in [1.29, 1.82) is 0 Å². The van der Waals surface area contributed by atoms with E-state index in [1.807, 2.05) is 0 Å². The number of nitrogens with zero attached hydrogens (tertiary/aromatic N) is 1. The number of hydrogen-bond donors (Lipinski definition) is 2. The zero-order valence-electron chi connectivity index (χ0n) is 9.34.